The van der Waals surface area contributed by atoms with Crippen LogP contribution in [-0.4, -0.2) is 12.6 Å². The average molecular weight is 347 g/mol. The number of rotatable bonds is 15. The van der Waals surface area contributed by atoms with Gasteiger partial charge in [-0.15, -0.1) is 0 Å². The van der Waals surface area contributed by atoms with Crippen LogP contribution in [0.3, 0.4) is 0 Å². The Morgan fingerprint density at radius 2 is 1.28 bits per heavy atom. The Morgan fingerprint density at radius 1 is 0.800 bits per heavy atom. The Balaban J connectivity index is 1.89. The molecule has 2 nitrogen and oxygen atoms in total. The monoisotopic (exact) mass is 346 g/mol. The van der Waals surface area contributed by atoms with E-state index in [-0.39, 0.29) is 11.9 Å². The second-order valence-electron chi connectivity index (χ2n) is 7.19. The lowest BCUT2D eigenvalue weighted by Gasteiger charge is -2.11. The SMILES string of the molecule is CCCCCCCCCCCCCCOC(=O)C(C)c1ccccc1. The third-order valence-electron chi connectivity index (χ3n) is 4.90. The van der Waals surface area contributed by atoms with Crippen LogP contribution in [0.15, 0.2) is 30.3 Å². The molecule has 0 saturated heterocycles. The highest BCUT2D eigenvalue weighted by Crippen LogP contribution is 2.16. The van der Waals surface area contributed by atoms with Gasteiger partial charge in [-0.05, 0) is 18.9 Å². The minimum Gasteiger partial charge on any atom is -0.465 e. The first-order valence-electron chi connectivity index (χ1n) is 10.5. The summed E-state index contributed by atoms with van der Waals surface area (Å²) in [7, 11) is 0. The summed E-state index contributed by atoms with van der Waals surface area (Å²) in [5.74, 6) is -0.271. The summed E-state index contributed by atoms with van der Waals surface area (Å²) in [6.45, 7) is 4.75. The standard InChI is InChI=1S/C23H38O2/c1-3-4-5-6-7-8-9-10-11-12-13-17-20-25-23(24)21(2)22-18-15-14-16-19-22/h14-16,18-19,21H,3-13,17,20H2,1-2H3. The summed E-state index contributed by atoms with van der Waals surface area (Å²) in [5, 5.41) is 0. The molecule has 0 saturated carbocycles. The normalized spacial score (nSPS) is 12.1. The van der Waals surface area contributed by atoms with Crippen LogP contribution < -0.4 is 0 Å². The first-order valence-corrected chi connectivity index (χ1v) is 10.5. The number of ether oxygens (including phenoxy) is 1. The number of carbonyl (C=O) groups excluding carboxylic acids is 1. The van der Waals surface area contributed by atoms with Crippen molar-refractivity contribution >= 4 is 5.97 Å². The van der Waals surface area contributed by atoms with E-state index in [1.54, 1.807) is 0 Å². The van der Waals surface area contributed by atoms with Gasteiger partial charge in [-0.1, -0.05) is 108 Å². The molecule has 2 heteroatoms. The maximum Gasteiger partial charge on any atom is 0.313 e. The highest BCUT2D eigenvalue weighted by Gasteiger charge is 2.15. The molecule has 142 valence electrons. The fourth-order valence-corrected chi connectivity index (χ4v) is 3.12. The Kier molecular flexibility index (Phi) is 13.0. The van der Waals surface area contributed by atoms with Gasteiger partial charge in [0.2, 0.25) is 0 Å². The van der Waals surface area contributed by atoms with E-state index in [0.717, 1.165) is 12.0 Å². The zero-order valence-corrected chi connectivity index (χ0v) is 16.5. The smallest absolute Gasteiger partial charge is 0.313 e. The minimum absolute atomic E-state index is 0.103. The van der Waals surface area contributed by atoms with Crippen molar-refractivity contribution in [2.45, 2.75) is 96.8 Å². The lowest BCUT2D eigenvalue weighted by Crippen LogP contribution is -2.13. The molecule has 1 rings (SSSR count). The fraction of sp³-hybridized carbons (Fsp3) is 0.696. The summed E-state index contributed by atoms with van der Waals surface area (Å²) in [5.41, 5.74) is 1.03. The van der Waals surface area contributed by atoms with Crippen LogP contribution in [0.2, 0.25) is 0 Å². The molecular formula is C23H38O2. The summed E-state index contributed by atoms with van der Waals surface area (Å²) >= 11 is 0. The van der Waals surface area contributed by atoms with E-state index in [2.05, 4.69) is 6.92 Å². The molecule has 0 spiro atoms. The zero-order valence-electron chi connectivity index (χ0n) is 16.5. The Hall–Kier alpha value is -1.31. The molecule has 0 aliphatic rings. The number of benzene rings is 1. The first kappa shape index (κ1) is 21.7. The van der Waals surface area contributed by atoms with Crippen molar-refractivity contribution in [2.24, 2.45) is 0 Å². The molecule has 25 heavy (non-hydrogen) atoms. The van der Waals surface area contributed by atoms with Gasteiger partial charge in [0.15, 0.2) is 0 Å². The molecule has 0 radical (unpaired) electrons. The predicted octanol–water partition coefficient (Wildman–Crippen LogP) is 7.03. The Morgan fingerprint density at radius 3 is 1.80 bits per heavy atom. The second kappa shape index (κ2) is 15.0. The topological polar surface area (TPSA) is 26.3 Å². The predicted molar refractivity (Wildman–Crippen MR) is 107 cm³/mol. The van der Waals surface area contributed by atoms with E-state index in [0.29, 0.717) is 6.61 Å². The van der Waals surface area contributed by atoms with Gasteiger partial charge in [0.05, 0.1) is 12.5 Å². The van der Waals surface area contributed by atoms with Gasteiger partial charge in [0.25, 0.3) is 0 Å². The van der Waals surface area contributed by atoms with Gasteiger partial charge in [-0.3, -0.25) is 4.79 Å². The van der Waals surface area contributed by atoms with Crippen LogP contribution in [0.5, 0.6) is 0 Å². The fourth-order valence-electron chi connectivity index (χ4n) is 3.12. The molecule has 0 aliphatic carbocycles. The summed E-state index contributed by atoms with van der Waals surface area (Å²) in [6, 6.07) is 9.86. The number of unbranched alkanes of at least 4 members (excludes halogenated alkanes) is 11. The summed E-state index contributed by atoms with van der Waals surface area (Å²) in [6.07, 6.45) is 15.9. The summed E-state index contributed by atoms with van der Waals surface area (Å²) < 4.78 is 5.41. The third-order valence-corrected chi connectivity index (χ3v) is 4.90. The van der Waals surface area contributed by atoms with Crippen LogP contribution in [0, 0.1) is 0 Å². The highest BCUT2D eigenvalue weighted by molar-refractivity contribution is 5.77. The highest BCUT2D eigenvalue weighted by atomic mass is 16.5. The van der Waals surface area contributed by atoms with Gasteiger partial charge < -0.3 is 4.74 Å². The van der Waals surface area contributed by atoms with E-state index >= 15 is 0 Å². The molecule has 1 aromatic rings. The molecule has 0 amide bonds. The van der Waals surface area contributed by atoms with Gasteiger partial charge in [-0.2, -0.15) is 0 Å². The minimum atomic E-state index is -0.168. The maximum atomic E-state index is 12.0. The Labute approximate surface area is 155 Å². The van der Waals surface area contributed by atoms with Crippen LogP contribution >= 0.6 is 0 Å². The maximum absolute atomic E-state index is 12.0. The van der Waals surface area contributed by atoms with Crippen molar-refractivity contribution in [2.75, 3.05) is 6.61 Å². The molecule has 0 fully saturated rings. The van der Waals surface area contributed by atoms with Crippen LogP contribution in [0.4, 0.5) is 0 Å². The van der Waals surface area contributed by atoms with E-state index in [1.165, 1.54) is 70.6 Å². The zero-order chi connectivity index (χ0) is 18.2. The van der Waals surface area contributed by atoms with Crippen LogP contribution in [0.1, 0.15) is 102 Å². The molecule has 1 unspecified atom stereocenters. The largest absolute Gasteiger partial charge is 0.465 e. The van der Waals surface area contributed by atoms with Crippen molar-refractivity contribution < 1.29 is 9.53 Å². The van der Waals surface area contributed by atoms with Gasteiger partial charge in [-0.25, -0.2) is 0 Å². The summed E-state index contributed by atoms with van der Waals surface area (Å²) in [4.78, 5) is 12.0. The van der Waals surface area contributed by atoms with Crippen molar-refractivity contribution in [3.63, 3.8) is 0 Å². The molecule has 0 bridgehead atoms. The van der Waals surface area contributed by atoms with Gasteiger partial charge in [0, 0.05) is 0 Å². The number of carbonyl (C=O) groups is 1. The van der Waals surface area contributed by atoms with Crippen molar-refractivity contribution in [1.82, 2.24) is 0 Å². The van der Waals surface area contributed by atoms with Crippen molar-refractivity contribution in [3.8, 4) is 0 Å². The number of esters is 1. The number of hydrogen-bond acceptors (Lipinski definition) is 2. The number of hydrogen-bond donors (Lipinski definition) is 0. The molecule has 0 aromatic heterocycles. The first-order chi connectivity index (χ1) is 12.3. The molecule has 0 aliphatic heterocycles. The Bertz CT molecular complexity index is 427. The van der Waals surface area contributed by atoms with Gasteiger partial charge in [0.1, 0.15) is 0 Å². The second-order valence-corrected chi connectivity index (χ2v) is 7.19. The molecule has 0 heterocycles. The average Bonchev–Trinajstić information content (AvgIpc) is 2.65. The van der Waals surface area contributed by atoms with Gasteiger partial charge >= 0.3 is 5.97 Å². The van der Waals surface area contributed by atoms with E-state index in [1.807, 2.05) is 37.3 Å². The molecular weight excluding hydrogens is 308 g/mol. The molecule has 1 atom stereocenters. The lowest BCUT2D eigenvalue weighted by atomic mass is 10.0. The third kappa shape index (κ3) is 11.0. The lowest BCUT2D eigenvalue weighted by molar-refractivity contribution is -0.145. The van der Waals surface area contributed by atoms with Crippen molar-refractivity contribution in [3.05, 3.63) is 35.9 Å². The molecule has 0 N–H and O–H groups in total. The van der Waals surface area contributed by atoms with E-state index in [9.17, 15) is 4.79 Å². The quantitative estimate of drug-likeness (QED) is 0.251. The van der Waals surface area contributed by atoms with E-state index < -0.39 is 0 Å². The molecule has 1 aromatic carbocycles. The van der Waals surface area contributed by atoms with E-state index in [4.69, 9.17) is 4.74 Å². The van der Waals surface area contributed by atoms with Crippen LogP contribution in [0.25, 0.3) is 0 Å². The van der Waals surface area contributed by atoms with Crippen molar-refractivity contribution in [1.29, 1.82) is 0 Å². The van der Waals surface area contributed by atoms with Crippen LogP contribution in [-0.2, 0) is 9.53 Å².